The predicted molar refractivity (Wildman–Crippen MR) is 107 cm³/mol. The Morgan fingerprint density at radius 2 is 2.10 bits per heavy atom. The molecule has 2 aromatic heterocycles. The molecule has 1 unspecified atom stereocenters. The molecule has 0 saturated heterocycles. The molecule has 0 aliphatic carbocycles. The second-order valence-corrected chi connectivity index (χ2v) is 7.61. The van der Waals surface area contributed by atoms with Gasteiger partial charge in [0.2, 0.25) is 11.8 Å². The van der Waals surface area contributed by atoms with Crippen LogP contribution in [0.4, 0.5) is 14.6 Å². The molecular weight excluding hydrogens is 418 g/mol. The molecular formula is C20H21ClF2N4O3. The first-order valence-electron chi connectivity index (χ1n) is 9.35. The number of nitrogens with zero attached hydrogens (tertiary/aromatic N) is 3. The quantitative estimate of drug-likeness (QED) is 0.704. The van der Waals surface area contributed by atoms with Crippen molar-refractivity contribution in [2.24, 2.45) is 5.92 Å². The van der Waals surface area contributed by atoms with Crippen molar-refractivity contribution in [3.63, 3.8) is 0 Å². The molecule has 7 nitrogen and oxygen atoms in total. The van der Waals surface area contributed by atoms with Crippen molar-refractivity contribution in [1.82, 2.24) is 14.9 Å². The van der Waals surface area contributed by atoms with E-state index >= 15 is 0 Å². The van der Waals surface area contributed by atoms with Crippen molar-refractivity contribution in [1.29, 1.82) is 0 Å². The Morgan fingerprint density at radius 3 is 2.73 bits per heavy atom. The van der Waals surface area contributed by atoms with Gasteiger partial charge in [-0.05, 0) is 24.6 Å². The van der Waals surface area contributed by atoms with Crippen molar-refractivity contribution in [3.05, 3.63) is 46.2 Å². The molecule has 0 fully saturated rings. The molecule has 0 spiro atoms. The molecule has 2 amide bonds. The van der Waals surface area contributed by atoms with Crippen LogP contribution in [-0.2, 0) is 11.3 Å². The summed E-state index contributed by atoms with van der Waals surface area (Å²) in [7, 11) is 0. The summed E-state index contributed by atoms with van der Waals surface area (Å²) in [6.45, 7) is 4.76. The molecule has 1 aliphatic heterocycles. The molecule has 3 rings (SSSR count). The lowest BCUT2D eigenvalue weighted by molar-refractivity contribution is -0.118. The molecule has 3 heterocycles. The van der Waals surface area contributed by atoms with Crippen molar-refractivity contribution in [3.8, 4) is 5.88 Å². The van der Waals surface area contributed by atoms with E-state index in [9.17, 15) is 18.4 Å². The van der Waals surface area contributed by atoms with E-state index in [1.807, 2.05) is 6.92 Å². The molecule has 30 heavy (non-hydrogen) atoms. The predicted octanol–water partition coefficient (Wildman–Crippen LogP) is 4.09. The fraction of sp³-hybridized carbons (Fsp3) is 0.400. The third-order valence-corrected chi connectivity index (χ3v) is 4.97. The molecule has 0 saturated carbocycles. The summed E-state index contributed by atoms with van der Waals surface area (Å²) in [6.07, 6.45) is 0.273. The highest BCUT2D eigenvalue weighted by atomic mass is 35.5. The number of aromatic nitrogens is 2. The van der Waals surface area contributed by atoms with Gasteiger partial charge in [0.15, 0.2) is 6.61 Å². The minimum Gasteiger partial charge on any atom is -0.471 e. The van der Waals surface area contributed by atoms with Crippen LogP contribution in [0.25, 0.3) is 0 Å². The normalized spacial score (nSPS) is 15.7. The van der Waals surface area contributed by atoms with Crippen LogP contribution in [0.15, 0.2) is 24.5 Å². The first-order valence-corrected chi connectivity index (χ1v) is 9.73. The number of rotatable bonds is 7. The van der Waals surface area contributed by atoms with Crippen LogP contribution in [-0.4, -0.2) is 39.7 Å². The average molecular weight is 439 g/mol. The van der Waals surface area contributed by atoms with Crippen LogP contribution in [0.5, 0.6) is 5.88 Å². The average Bonchev–Trinajstić information content (AvgIpc) is 2.93. The van der Waals surface area contributed by atoms with E-state index in [0.717, 1.165) is 0 Å². The summed E-state index contributed by atoms with van der Waals surface area (Å²) < 4.78 is 29.5. The number of fused-ring (bicyclic) bond motifs is 1. The maximum Gasteiger partial charge on any atom is 0.272 e. The van der Waals surface area contributed by atoms with Gasteiger partial charge in [-0.25, -0.2) is 18.7 Å². The fourth-order valence-corrected chi connectivity index (χ4v) is 3.38. The highest BCUT2D eigenvalue weighted by Crippen LogP contribution is 2.38. The number of ether oxygens (including phenoxy) is 1. The summed E-state index contributed by atoms with van der Waals surface area (Å²) in [5.74, 6) is -0.363. The van der Waals surface area contributed by atoms with E-state index in [4.69, 9.17) is 16.3 Å². The minimum absolute atomic E-state index is 0.0801. The van der Waals surface area contributed by atoms with Crippen molar-refractivity contribution in [2.75, 3.05) is 11.9 Å². The first kappa shape index (κ1) is 21.9. The number of anilines is 1. The lowest BCUT2D eigenvalue weighted by atomic mass is 10.1. The number of pyridine rings is 2. The van der Waals surface area contributed by atoms with Gasteiger partial charge >= 0.3 is 0 Å². The van der Waals surface area contributed by atoms with E-state index in [0.29, 0.717) is 22.5 Å². The van der Waals surface area contributed by atoms with Gasteiger partial charge in [0, 0.05) is 30.4 Å². The third kappa shape index (κ3) is 4.51. The molecule has 1 N–H and O–H groups in total. The smallest absolute Gasteiger partial charge is 0.272 e. The highest BCUT2D eigenvalue weighted by molar-refractivity contribution is 6.31. The lowest BCUT2D eigenvalue weighted by Gasteiger charge is -2.23. The lowest BCUT2D eigenvalue weighted by Crippen LogP contribution is -2.26. The molecule has 160 valence electrons. The Morgan fingerprint density at radius 1 is 1.37 bits per heavy atom. The molecule has 2 aromatic rings. The van der Waals surface area contributed by atoms with Crippen molar-refractivity contribution in [2.45, 2.75) is 39.8 Å². The van der Waals surface area contributed by atoms with Gasteiger partial charge in [-0.2, -0.15) is 0 Å². The number of carbonyl (C=O) groups excluding carboxylic acids is 2. The second-order valence-electron chi connectivity index (χ2n) is 7.21. The fourth-order valence-electron chi connectivity index (χ4n) is 3.13. The van der Waals surface area contributed by atoms with Crippen LogP contribution >= 0.6 is 11.6 Å². The number of nitrogens with one attached hydrogen (secondary N) is 1. The van der Waals surface area contributed by atoms with E-state index in [1.165, 1.54) is 18.5 Å². The standard InChI is InChI=1S/C20H21ClF2N4O3/c1-10(2)18(28)26-17-16-11(3)27(20(29)13(16)4-5-24-17)8-12-6-14(21)19(25-7-12)30-9-15(22)23/h4-7,10-11,15H,8-9H2,1-3H3,(H,24,26,28). The molecule has 0 bridgehead atoms. The molecule has 1 aliphatic rings. The topological polar surface area (TPSA) is 84.4 Å². The highest BCUT2D eigenvalue weighted by Gasteiger charge is 2.37. The van der Waals surface area contributed by atoms with Crippen LogP contribution < -0.4 is 10.1 Å². The summed E-state index contributed by atoms with van der Waals surface area (Å²) in [4.78, 5) is 34.9. The Bertz CT molecular complexity index is 971. The van der Waals surface area contributed by atoms with Gasteiger partial charge in [-0.3, -0.25) is 9.59 Å². The zero-order chi connectivity index (χ0) is 22.0. The number of alkyl halides is 2. The van der Waals surface area contributed by atoms with Crippen LogP contribution in [0.1, 0.15) is 48.3 Å². The molecule has 0 aromatic carbocycles. The number of halogens is 3. The Hall–Kier alpha value is -2.81. The number of carbonyl (C=O) groups is 2. The number of amides is 2. The second kappa shape index (κ2) is 8.91. The summed E-state index contributed by atoms with van der Waals surface area (Å²) in [5.41, 5.74) is 1.72. The Labute approximate surface area is 177 Å². The zero-order valence-corrected chi connectivity index (χ0v) is 17.4. The van der Waals surface area contributed by atoms with Crippen molar-refractivity contribution < 1.29 is 23.1 Å². The first-order chi connectivity index (χ1) is 14.2. The van der Waals surface area contributed by atoms with E-state index in [-0.39, 0.29) is 41.2 Å². The molecule has 10 heteroatoms. The Kier molecular flexibility index (Phi) is 6.50. The number of hydrogen-bond donors (Lipinski definition) is 1. The van der Waals surface area contributed by atoms with Crippen LogP contribution in [0.2, 0.25) is 5.02 Å². The zero-order valence-electron chi connectivity index (χ0n) is 16.7. The van der Waals surface area contributed by atoms with Gasteiger partial charge in [0.05, 0.1) is 11.6 Å². The van der Waals surface area contributed by atoms with E-state index < -0.39 is 13.0 Å². The van der Waals surface area contributed by atoms with Crippen LogP contribution in [0, 0.1) is 5.92 Å². The van der Waals surface area contributed by atoms with Gasteiger partial charge < -0.3 is 15.0 Å². The third-order valence-electron chi connectivity index (χ3n) is 4.70. The van der Waals surface area contributed by atoms with Crippen LogP contribution in [0.3, 0.4) is 0 Å². The maximum absolute atomic E-state index is 12.9. The summed E-state index contributed by atoms with van der Waals surface area (Å²) in [6, 6.07) is 2.79. The molecule has 1 atom stereocenters. The monoisotopic (exact) mass is 438 g/mol. The maximum atomic E-state index is 12.9. The minimum atomic E-state index is -2.64. The SMILES string of the molecule is CC(C)C(=O)Nc1nccc2c1C(C)N(Cc1cnc(OCC(F)F)c(Cl)c1)C2=O. The van der Waals surface area contributed by atoms with E-state index in [1.54, 1.807) is 24.8 Å². The summed E-state index contributed by atoms with van der Waals surface area (Å²) in [5, 5.41) is 2.86. The van der Waals surface area contributed by atoms with Gasteiger partial charge in [0.1, 0.15) is 10.8 Å². The van der Waals surface area contributed by atoms with Crippen molar-refractivity contribution >= 4 is 29.2 Å². The van der Waals surface area contributed by atoms with E-state index in [2.05, 4.69) is 15.3 Å². The molecule has 0 radical (unpaired) electrons. The largest absolute Gasteiger partial charge is 0.471 e. The number of hydrogen-bond acceptors (Lipinski definition) is 5. The summed E-state index contributed by atoms with van der Waals surface area (Å²) >= 11 is 6.08. The Balaban J connectivity index is 1.80. The van der Waals surface area contributed by atoms with Gasteiger partial charge in [-0.15, -0.1) is 0 Å². The van der Waals surface area contributed by atoms with Gasteiger partial charge in [-0.1, -0.05) is 25.4 Å². The van der Waals surface area contributed by atoms with Gasteiger partial charge in [0.25, 0.3) is 12.3 Å².